The fraction of sp³-hybridized carbons (Fsp3) is 0.312. The summed E-state index contributed by atoms with van der Waals surface area (Å²) in [6, 6.07) is 12.9. The molecular formula is C32H39N7O2. The molecule has 2 heterocycles. The number of hydrogen-bond acceptors (Lipinski definition) is 6. The highest BCUT2D eigenvalue weighted by atomic mass is 16.2. The zero-order chi connectivity index (χ0) is 29.8. The van der Waals surface area contributed by atoms with Crippen molar-refractivity contribution >= 4 is 28.8 Å². The molecule has 4 rings (SSSR count). The van der Waals surface area contributed by atoms with E-state index in [1.807, 2.05) is 60.7 Å². The summed E-state index contributed by atoms with van der Waals surface area (Å²) < 4.78 is 1.86. The molecule has 2 aromatic heterocycles. The van der Waals surface area contributed by atoms with Crippen molar-refractivity contribution in [3.05, 3.63) is 89.5 Å². The normalized spacial score (nSPS) is 12.4. The number of carbonyl (C=O) groups excluding carboxylic acids is 2. The molecule has 0 radical (unpaired) electrons. The first-order chi connectivity index (χ1) is 19.5. The van der Waals surface area contributed by atoms with Crippen LogP contribution in [0.5, 0.6) is 0 Å². The number of hydrogen-bond donors (Lipinski definition) is 2. The van der Waals surface area contributed by atoms with Crippen molar-refractivity contribution in [3.8, 4) is 11.3 Å². The van der Waals surface area contributed by atoms with Crippen molar-refractivity contribution < 1.29 is 9.59 Å². The van der Waals surface area contributed by atoms with Crippen LogP contribution < -0.4 is 11.1 Å². The molecule has 0 spiro atoms. The minimum Gasteiger partial charge on any atom is -0.382 e. The molecule has 214 valence electrons. The van der Waals surface area contributed by atoms with Gasteiger partial charge in [0.1, 0.15) is 22.9 Å². The molecule has 9 heteroatoms. The highest BCUT2D eigenvalue weighted by Gasteiger charge is 2.24. The number of nitrogen functional groups attached to an aromatic ring is 1. The molecule has 41 heavy (non-hydrogen) atoms. The molecule has 1 atom stereocenters. The van der Waals surface area contributed by atoms with Crippen molar-refractivity contribution in [3.63, 3.8) is 0 Å². The Kier molecular flexibility index (Phi) is 8.88. The van der Waals surface area contributed by atoms with E-state index >= 15 is 0 Å². The Morgan fingerprint density at radius 3 is 2.54 bits per heavy atom. The van der Waals surface area contributed by atoms with E-state index in [1.165, 1.54) is 5.56 Å². The molecule has 3 N–H and O–H groups in total. The number of amides is 2. The minimum absolute atomic E-state index is 0.130. The molecule has 9 nitrogen and oxygen atoms in total. The van der Waals surface area contributed by atoms with Crippen LogP contribution in [0, 0.1) is 6.92 Å². The molecule has 0 unspecified atom stereocenters. The van der Waals surface area contributed by atoms with Gasteiger partial charge in [0.2, 0.25) is 5.91 Å². The molecular weight excluding hydrogens is 514 g/mol. The van der Waals surface area contributed by atoms with Crippen molar-refractivity contribution in [2.45, 2.75) is 39.7 Å². The van der Waals surface area contributed by atoms with Crippen LogP contribution in [-0.2, 0) is 4.79 Å². The fourth-order valence-electron chi connectivity index (χ4n) is 4.84. The number of imidazole rings is 1. The molecule has 0 saturated heterocycles. The van der Waals surface area contributed by atoms with Gasteiger partial charge in [-0.3, -0.25) is 14.0 Å². The second-order valence-corrected chi connectivity index (χ2v) is 10.9. The van der Waals surface area contributed by atoms with Gasteiger partial charge in [0.05, 0.1) is 6.04 Å². The summed E-state index contributed by atoms with van der Waals surface area (Å²) in [6.07, 6.45) is 6.80. The van der Waals surface area contributed by atoms with Crippen LogP contribution in [-0.4, -0.2) is 63.7 Å². The Labute approximate surface area is 241 Å². The van der Waals surface area contributed by atoms with E-state index in [9.17, 15) is 9.59 Å². The topological polar surface area (TPSA) is 109 Å². The zero-order valence-corrected chi connectivity index (χ0v) is 24.8. The van der Waals surface area contributed by atoms with E-state index in [2.05, 4.69) is 37.1 Å². The monoisotopic (exact) mass is 553 g/mol. The predicted octanol–water partition coefficient (Wildman–Crippen LogP) is 5.30. The number of nitrogens with zero attached hydrogens (tertiary/aromatic N) is 5. The predicted molar refractivity (Wildman–Crippen MR) is 165 cm³/mol. The largest absolute Gasteiger partial charge is 0.382 e. The molecule has 0 aliphatic heterocycles. The van der Waals surface area contributed by atoms with E-state index in [0.29, 0.717) is 40.9 Å². The number of nitrogens with one attached hydrogen (secondary N) is 1. The van der Waals surface area contributed by atoms with Gasteiger partial charge in [0, 0.05) is 48.9 Å². The van der Waals surface area contributed by atoms with E-state index in [-0.39, 0.29) is 17.9 Å². The summed E-state index contributed by atoms with van der Waals surface area (Å²) in [4.78, 5) is 38.9. The summed E-state index contributed by atoms with van der Waals surface area (Å²) in [5, 5.41) is 3.01. The van der Waals surface area contributed by atoms with Gasteiger partial charge >= 0.3 is 0 Å². The standard InChI is InChI=1S/C32H39N7O2/c1-20(2)26-14-13-25(18-21(26)3)35-32(41)24-11-8-10-23(19-24)28-29-30(33)34-15-17-39(29)31(36-28)22(4)38(7)27(40)12-9-16-37(5)6/h8-15,17-20,22H,16H2,1-7H3,(H2,33,34)(H,35,41)/b12-9+/t22-/m0/s1. The lowest BCUT2D eigenvalue weighted by Gasteiger charge is -2.23. The minimum atomic E-state index is -0.363. The Morgan fingerprint density at radius 1 is 1.10 bits per heavy atom. The Bertz CT molecular complexity index is 1600. The van der Waals surface area contributed by atoms with Crippen LogP contribution in [0.2, 0.25) is 0 Å². The van der Waals surface area contributed by atoms with Crippen LogP contribution in [0.15, 0.2) is 67.0 Å². The zero-order valence-electron chi connectivity index (χ0n) is 24.8. The average Bonchev–Trinajstić information content (AvgIpc) is 3.33. The summed E-state index contributed by atoms with van der Waals surface area (Å²) in [6.45, 7) is 8.94. The van der Waals surface area contributed by atoms with Gasteiger partial charge in [-0.1, -0.05) is 38.1 Å². The number of aryl methyl sites for hydroxylation is 1. The van der Waals surface area contributed by atoms with Gasteiger partial charge < -0.3 is 20.9 Å². The summed E-state index contributed by atoms with van der Waals surface area (Å²) >= 11 is 0. The van der Waals surface area contributed by atoms with Crippen molar-refractivity contribution in [2.75, 3.05) is 38.7 Å². The van der Waals surface area contributed by atoms with Crippen molar-refractivity contribution in [1.29, 1.82) is 0 Å². The first-order valence-electron chi connectivity index (χ1n) is 13.7. The van der Waals surface area contributed by atoms with E-state index in [4.69, 9.17) is 10.7 Å². The van der Waals surface area contributed by atoms with Crippen LogP contribution in [0.4, 0.5) is 11.5 Å². The maximum absolute atomic E-state index is 13.2. The van der Waals surface area contributed by atoms with E-state index in [0.717, 1.165) is 16.8 Å². The first kappa shape index (κ1) is 29.5. The quantitative estimate of drug-likeness (QED) is 0.272. The van der Waals surface area contributed by atoms with Gasteiger partial charge in [-0.25, -0.2) is 9.97 Å². The SMILES string of the molecule is Cc1cc(NC(=O)c2cccc(-c3nc([C@H](C)N(C)C(=O)/C=C/CN(C)C)n4ccnc(N)c34)c2)ccc1C(C)C. The number of anilines is 2. The smallest absolute Gasteiger partial charge is 0.255 e. The molecule has 0 fully saturated rings. The van der Waals surface area contributed by atoms with E-state index in [1.54, 1.807) is 42.6 Å². The van der Waals surface area contributed by atoms with Crippen LogP contribution in [0.1, 0.15) is 60.0 Å². The highest BCUT2D eigenvalue weighted by Crippen LogP contribution is 2.32. The van der Waals surface area contributed by atoms with Crippen LogP contribution in [0.25, 0.3) is 16.8 Å². The Morgan fingerprint density at radius 2 is 1.85 bits per heavy atom. The van der Waals surface area contributed by atoms with Gasteiger partial charge in [0.15, 0.2) is 0 Å². The maximum Gasteiger partial charge on any atom is 0.255 e. The average molecular weight is 554 g/mol. The summed E-state index contributed by atoms with van der Waals surface area (Å²) in [5.41, 5.74) is 11.9. The number of fused-ring (bicyclic) bond motifs is 1. The van der Waals surface area contributed by atoms with E-state index < -0.39 is 0 Å². The third-order valence-corrected chi connectivity index (χ3v) is 7.19. The second kappa shape index (κ2) is 12.3. The summed E-state index contributed by atoms with van der Waals surface area (Å²) in [5.74, 6) is 1.00. The molecule has 0 saturated carbocycles. The van der Waals surface area contributed by atoms with Crippen LogP contribution in [0.3, 0.4) is 0 Å². The lowest BCUT2D eigenvalue weighted by atomic mass is 9.97. The number of nitrogens with two attached hydrogens (primary N) is 1. The molecule has 0 aliphatic rings. The fourth-order valence-corrected chi connectivity index (χ4v) is 4.84. The highest BCUT2D eigenvalue weighted by molar-refractivity contribution is 6.05. The number of benzene rings is 2. The third kappa shape index (κ3) is 6.47. The molecule has 0 bridgehead atoms. The van der Waals surface area contributed by atoms with Gasteiger partial charge in [-0.05, 0) is 69.3 Å². The lowest BCUT2D eigenvalue weighted by molar-refractivity contribution is -0.126. The van der Waals surface area contributed by atoms with Gasteiger partial charge in [-0.15, -0.1) is 0 Å². The lowest BCUT2D eigenvalue weighted by Crippen LogP contribution is -2.29. The number of rotatable bonds is 9. The van der Waals surface area contributed by atoms with Crippen molar-refractivity contribution in [1.82, 2.24) is 24.2 Å². The Balaban J connectivity index is 1.66. The van der Waals surface area contributed by atoms with Crippen molar-refractivity contribution in [2.24, 2.45) is 0 Å². The number of aromatic nitrogens is 3. The molecule has 2 aromatic carbocycles. The number of likely N-dealkylation sites (N-methyl/N-ethyl adjacent to an activating group) is 2. The van der Waals surface area contributed by atoms with Crippen LogP contribution >= 0.6 is 0 Å². The maximum atomic E-state index is 13.2. The van der Waals surface area contributed by atoms with Gasteiger partial charge in [0.25, 0.3) is 5.91 Å². The molecule has 2 amide bonds. The Hall–Kier alpha value is -4.50. The molecule has 4 aromatic rings. The summed E-state index contributed by atoms with van der Waals surface area (Å²) in [7, 11) is 5.64. The third-order valence-electron chi connectivity index (χ3n) is 7.19. The second-order valence-electron chi connectivity index (χ2n) is 10.9. The molecule has 0 aliphatic carbocycles. The number of carbonyl (C=O) groups is 2. The first-order valence-corrected chi connectivity index (χ1v) is 13.7. The van der Waals surface area contributed by atoms with Gasteiger partial charge in [-0.2, -0.15) is 0 Å².